The van der Waals surface area contributed by atoms with Crippen molar-refractivity contribution in [3.63, 3.8) is 0 Å². The van der Waals surface area contributed by atoms with Crippen LogP contribution in [-0.2, 0) is 9.53 Å². The molecule has 1 rings (SSSR count). The average Bonchev–Trinajstić information content (AvgIpc) is 2.43. The van der Waals surface area contributed by atoms with Crippen LogP contribution in [-0.4, -0.2) is 29.2 Å². The van der Waals surface area contributed by atoms with E-state index in [1.54, 1.807) is 52.0 Å². The number of nitrogens with two attached hydrogens (primary N) is 1. The molecule has 6 nitrogen and oxygen atoms in total. The maximum Gasteiger partial charge on any atom is 0.408 e. The van der Waals surface area contributed by atoms with Crippen LogP contribution in [0, 0.1) is 0 Å². The van der Waals surface area contributed by atoms with E-state index in [1.165, 1.54) is 6.92 Å². The zero-order chi connectivity index (χ0) is 18.5. The Kier molecular flexibility index (Phi) is 6.54. The number of carbonyl (C=O) groups excluding carboxylic acids is 2. The van der Waals surface area contributed by atoms with Gasteiger partial charge >= 0.3 is 6.09 Å². The van der Waals surface area contributed by atoms with Gasteiger partial charge in [0, 0.05) is 11.3 Å². The Hall–Kier alpha value is -2.34. The number of aliphatic hydroxyl groups is 1. The van der Waals surface area contributed by atoms with Gasteiger partial charge in [0.15, 0.2) is 5.78 Å². The van der Waals surface area contributed by atoms with Gasteiger partial charge in [0.25, 0.3) is 0 Å². The SMILES string of the molecule is CC(=O)/C(=C(/C)N)c1ccc([C@H](CO)NC(=O)OC(C)(C)C)cc1. The third-order valence-electron chi connectivity index (χ3n) is 3.22. The van der Waals surface area contributed by atoms with Crippen LogP contribution in [0.5, 0.6) is 0 Å². The number of alkyl carbamates (subject to hydrolysis) is 1. The third-order valence-corrected chi connectivity index (χ3v) is 3.22. The lowest BCUT2D eigenvalue weighted by atomic mass is 9.98. The molecule has 0 aromatic heterocycles. The normalized spacial score (nSPS) is 13.8. The Morgan fingerprint density at radius 1 is 1.21 bits per heavy atom. The number of carbonyl (C=O) groups is 2. The Balaban J connectivity index is 2.95. The number of hydrogen-bond acceptors (Lipinski definition) is 5. The average molecular weight is 334 g/mol. The van der Waals surface area contributed by atoms with E-state index < -0.39 is 17.7 Å². The lowest BCUT2D eigenvalue weighted by molar-refractivity contribution is -0.111. The van der Waals surface area contributed by atoms with Crippen LogP contribution in [0.2, 0.25) is 0 Å². The van der Waals surface area contributed by atoms with E-state index in [-0.39, 0.29) is 12.4 Å². The van der Waals surface area contributed by atoms with Crippen LogP contribution < -0.4 is 11.1 Å². The highest BCUT2D eigenvalue weighted by atomic mass is 16.6. The molecule has 0 aliphatic carbocycles. The molecule has 0 unspecified atom stereocenters. The molecule has 132 valence electrons. The van der Waals surface area contributed by atoms with Gasteiger partial charge in [-0.05, 0) is 45.7 Å². The second-order valence-electron chi connectivity index (χ2n) is 6.62. The monoisotopic (exact) mass is 334 g/mol. The highest BCUT2D eigenvalue weighted by Gasteiger charge is 2.20. The van der Waals surface area contributed by atoms with Gasteiger partial charge in [-0.1, -0.05) is 24.3 Å². The Labute approximate surface area is 142 Å². The van der Waals surface area contributed by atoms with Gasteiger partial charge in [-0.25, -0.2) is 4.79 Å². The molecule has 0 saturated carbocycles. The van der Waals surface area contributed by atoms with Crippen molar-refractivity contribution in [1.82, 2.24) is 5.32 Å². The molecule has 0 heterocycles. The van der Waals surface area contributed by atoms with Crippen LogP contribution in [0.25, 0.3) is 5.57 Å². The largest absolute Gasteiger partial charge is 0.444 e. The molecule has 6 heteroatoms. The van der Waals surface area contributed by atoms with Crippen molar-refractivity contribution in [2.45, 2.75) is 46.3 Å². The van der Waals surface area contributed by atoms with Crippen molar-refractivity contribution in [3.05, 3.63) is 41.1 Å². The number of Topliss-reactive ketones (excluding diaryl/α,β-unsaturated/α-hetero) is 1. The van der Waals surface area contributed by atoms with Crippen molar-refractivity contribution >= 4 is 17.4 Å². The fourth-order valence-corrected chi connectivity index (χ4v) is 2.27. The van der Waals surface area contributed by atoms with E-state index in [9.17, 15) is 14.7 Å². The van der Waals surface area contributed by atoms with Crippen LogP contribution in [0.1, 0.15) is 51.8 Å². The minimum Gasteiger partial charge on any atom is -0.444 e. The summed E-state index contributed by atoms with van der Waals surface area (Å²) < 4.78 is 5.19. The van der Waals surface area contributed by atoms with E-state index in [1.807, 2.05) is 0 Å². The van der Waals surface area contributed by atoms with Crippen molar-refractivity contribution in [3.8, 4) is 0 Å². The van der Waals surface area contributed by atoms with Gasteiger partial charge in [-0.3, -0.25) is 4.79 Å². The molecule has 0 fully saturated rings. The van der Waals surface area contributed by atoms with Gasteiger partial charge in [-0.15, -0.1) is 0 Å². The van der Waals surface area contributed by atoms with E-state index >= 15 is 0 Å². The van der Waals surface area contributed by atoms with Crippen LogP contribution in [0.3, 0.4) is 0 Å². The number of allylic oxidation sites excluding steroid dienone is 2. The van der Waals surface area contributed by atoms with Gasteiger partial charge in [0.1, 0.15) is 5.60 Å². The number of hydrogen-bond donors (Lipinski definition) is 3. The second kappa shape index (κ2) is 7.97. The highest BCUT2D eigenvalue weighted by Crippen LogP contribution is 2.21. The minimum absolute atomic E-state index is 0.117. The zero-order valence-electron chi connectivity index (χ0n) is 14.8. The topological polar surface area (TPSA) is 102 Å². The summed E-state index contributed by atoms with van der Waals surface area (Å²) in [6.07, 6.45) is -0.604. The fraction of sp³-hybridized carbons (Fsp3) is 0.444. The first-order valence-electron chi connectivity index (χ1n) is 7.73. The summed E-state index contributed by atoms with van der Waals surface area (Å²) >= 11 is 0. The maximum atomic E-state index is 11.8. The predicted molar refractivity (Wildman–Crippen MR) is 93.1 cm³/mol. The van der Waals surface area contributed by atoms with Crippen molar-refractivity contribution in [1.29, 1.82) is 0 Å². The number of ether oxygens (including phenoxy) is 1. The van der Waals surface area contributed by atoms with E-state index in [2.05, 4.69) is 5.32 Å². The Bertz CT molecular complexity index is 623. The minimum atomic E-state index is -0.617. The van der Waals surface area contributed by atoms with Crippen LogP contribution in [0.4, 0.5) is 4.79 Å². The van der Waals surface area contributed by atoms with E-state index in [4.69, 9.17) is 10.5 Å². The molecule has 0 aliphatic rings. The summed E-state index contributed by atoms with van der Waals surface area (Å²) in [6, 6.07) is 6.35. The molecule has 24 heavy (non-hydrogen) atoms. The summed E-state index contributed by atoms with van der Waals surface area (Å²) in [7, 11) is 0. The molecule has 1 atom stereocenters. The molecule has 0 spiro atoms. The second-order valence-corrected chi connectivity index (χ2v) is 6.62. The zero-order valence-corrected chi connectivity index (χ0v) is 14.8. The standard InChI is InChI=1S/C18H26N2O4/c1-11(19)16(12(2)22)14-8-6-13(7-9-14)15(10-21)20-17(23)24-18(3,4)5/h6-9,15,21H,10,19H2,1-5H3,(H,20,23)/b16-11+/t15-/m0/s1. The highest BCUT2D eigenvalue weighted by molar-refractivity contribution is 6.20. The lowest BCUT2D eigenvalue weighted by Crippen LogP contribution is -2.36. The molecule has 0 aliphatic heterocycles. The smallest absolute Gasteiger partial charge is 0.408 e. The fourth-order valence-electron chi connectivity index (χ4n) is 2.27. The summed E-state index contributed by atoms with van der Waals surface area (Å²) in [5.41, 5.74) is 7.45. The van der Waals surface area contributed by atoms with Crippen molar-refractivity contribution in [2.24, 2.45) is 5.73 Å². The number of aliphatic hydroxyl groups excluding tert-OH is 1. The number of amides is 1. The molecule has 0 bridgehead atoms. The van der Waals surface area contributed by atoms with Gasteiger partial charge in [0.2, 0.25) is 0 Å². The van der Waals surface area contributed by atoms with Gasteiger partial charge in [-0.2, -0.15) is 0 Å². The van der Waals surface area contributed by atoms with E-state index in [0.717, 1.165) is 0 Å². The quantitative estimate of drug-likeness (QED) is 0.718. The first kappa shape index (κ1) is 19.7. The molecular formula is C18H26N2O4. The van der Waals surface area contributed by atoms with Crippen molar-refractivity contribution in [2.75, 3.05) is 6.61 Å². The molecule has 1 aromatic rings. The van der Waals surface area contributed by atoms with Crippen LogP contribution >= 0.6 is 0 Å². The van der Waals surface area contributed by atoms with Gasteiger partial charge < -0.3 is 20.9 Å². The molecule has 0 saturated heterocycles. The van der Waals surface area contributed by atoms with Crippen LogP contribution in [0.15, 0.2) is 30.0 Å². The summed E-state index contributed by atoms with van der Waals surface area (Å²) in [5.74, 6) is -0.117. The predicted octanol–water partition coefficient (Wildman–Crippen LogP) is 2.52. The lowest BCUT2D eigenvalue weighted by Gasteiger charge is -2.23. The molecule has 4 N–H and O–H groups in total. The Morgan fingerprint density at radius 3 is 2.12 bits per heavy atom. The molecule has 0 radical (unpaired) electrons. The first-order chi connectivity index (χ1) is 11.0. The molecular weight excluding hydrogens is 308 g/mol. The summed E-state index contributed by atoms with van der Waals surface area (Å²) in [4.78, 5) is 23.5. The third kappa shape index (κ3) is 5.70. The maximum absolute atomic E-state index is 11.8. The number of rotatable bonds is 5. The van der Waals surface area contributed by atoms with Gasteiger partial charge in [0.05, 0.1) is 12.6 Å². The van der Waals surface area contributed by atoms with Crippen molar-refractivity contribution < 1.29 is 19.4 Å². The molecule has 1 amide bonds. The summed E-state index contributed by atoms with van der Waals surface area (Å²) in [6.45, 7) is 8.15. The Morgan fingerprint density at radius 2 is 1.75 bits per heavy atom. The first-order valence-corrected chi connectivity index (χ1v) is 7.73. The number of benzene rings is 1. The number of ketones is 1. The van der Waals surface area contributed by atoms with E-state index in [0.29, 0.717) is 22.4 Å². The summed E-state index contributed by atoms with van der Waals surface area (Å²) in [5, 5.41) is 12.1. The molecule has 1 aromatic carbocycles. The number of nitrogens with one attached hydrogen (secondary N) is 1.